The van der Waals surface area contributed by atoms with Crippen LogP contribution in [-0.2, 0) is 10.3 Å². The molecule has 1 saturated heterocycles. The van der Waals surface area contributed by atoms with Crippen LogP contribution in [0.25, 0.3) is 0 Å². The van der Waals surface area contributed by atoms with Gasteiger partial charge in [-0.2, -0.15) is 0 Å². The lowest BCUT2D eigenvalue weighted by Crippen LogP contribution is -2.41. The smallest absolute Gasteiger partial charge is 0.325 e. The van der Waals surface area contributed by atoms with E-state index >= 15 is 0 Å². The van der Waals surface area contributed by atoms with Gasteiger partial charge < -0.3 is 14.8 Å². The molecule has 2 rings (SSSR count). The third kappa shape index (κ3) is 2.81. The standard InChI is InChI=1S/C15H22N2O4/c1-9-8-11(10(2)21-9)15(5)12(18)17(13(19)16-15)7-6-14(3,4)20/h8,20H,6-7H2,1-5H3,(H,16,19). The number of imide groups is 1. The van der Waals surface area contributed by atoms with Crippen LogP contribution in [0.1, 0.15) is 44.3 Å². The number of carbonyl (C=O) groups is 2. The lowest BCUT2D eigenvalue weighted by Gasteiger charge is -2.23. The van der Waals surface area contributed by atoms with Gasteiger partial charge in [-0.15, -0.1) is 0 Å². The molecule has 0 aliphatic carbocycles. The number of furan rings is 1. The zero-order chi connectivity index (χ0) is 16.0. The van der Waals surface area contributed by atoms with Crippen molar-refractivity contribution in [3.8, 4) is 0 Å². The summed E-state index contributed by atoms with van der Waals surface area (Å²) in [7, 11) is 0. The van der Waals surface area contributed by atoms with Gasteiger partial charge in [0.15, 0.2) is 0 Å². The van der Waals surface area contributed by atoms with Crippen molar-refractivity contribution in [1.82, 2.24) is 10.2 Å². The summed E-state index contributed by atoms with van der Waals surface area (Å²) in [5.41, 5.74) is -1.37. The minimum absolute atomic E-state index is 0.180. The number of amides is 3. The van der Waals surface area contributed by atoms with Gasteiger partial charge in [0.25, 0.3) is 5.91 Å². The Bertz CT molecular complexity index is 585. The highest BCUT2D eigenvalue weighted by atomic mass is 16.3. The van der Waals surface area contributed by atoms with Gasteiger partial charge in [-0.3, -0.25) is 9.69 Å². The van der Waals surface area contributed by atoms with Gasteiger partial charge in [-0.05, 0) is 47.1 Å². The Balaban J connectivity index is 2.26. The van der Waals surface area contributed by atoms with Crippen molar-refractivity contribution in [2.75, 3.05) is 6.54 Å². The van der Waals surface area contributed by atoms with Crippen LogP contribution in [0.4, 0.5) is 4.79 Å². The van der Waals surface area contributed by atoms with E-state index < -0.39 is 17.2 Å². The molecule has 6 heteroatoms. The van der Waals surface area contributed by atoms with Crippen LogP contribution in [-0.4, -0.2) is 34.1 Å². The van der Waals surface area contributed by atoms with E-state index in [4.69, 9.17) is 4.42 Å². The van der Waals surface area contributed by atoms with Gasteiger partial charge in [-0.1, -0.05) is 0 Å². The number of nitrogens with one attached hydrogen (secondary N) is 1. The quantitative estimate of drug-likeness (QED) is 0.830. The number of carbonyl (C=O) groups excluding carboxylic acids is 2. The van der Waals surface area contributed by atoms with Crippen molar-refractivity contribution < 1.29 is 19.1 Å². The Hall–Kier alpha value is -1.82. The molecule has 1 aliphatic rings. The average Bonchev–Trinajstić information content (AvgIpc) is 2.76. The maximum Gasteiger partial charge on any atom is 0.325 e. The summed E-state index contributed by atoms with van der Waals surface area (Å²) in [6, 6.07) is 1.33. The van der Waals surface area contributed by atoms with Crippen LogP contribution in [0, 0.1) is 13.8 Å². The van der Waals surface area contributed by atoms with Crippen molar-refractivity contribution in [3.63, 3.8) is 0 Å². The van der Waals surface area contributed by atoms with Crippen molar-refractivity contribution in [2.24, 2.45) is 0 Å². The lowest BCUT2D eigenvalue weighted by molar-refractivity contribution is -0.131. The SMILES string of the molecule is Cc1cc(C2(C)NC(=O)N(CCC(C)(C)O)C2=O)c(C)o1. The number of aliphatic hydroxyl groups is 1. The molecule has 1 aromatic rings. The summed E-state index contributed by atoms with van der Waals surface area (Å²) in [4.78, 5) is 25.9. The molecule has 2 N–H and O–H groups in total. The summed E-state index contributed by atoms with van der Waals surface area (Å²) in [6.45, 7) is 8.72. The zero-order valence-electron chi connectivity index (χ0n) is 13.1. The predicted octanol–water partition coefficient (Wildman–Crippen LogP) is 1.82. The van der Waals surface area contributed by atoms with Crippen molar-refractivity contribution in [2.45, 2.75) is 52.2 Å². The molecule has 0 spiro atoms. The number of nitrogens with zero attached hydrogens (tertiary/aromatic N) is 1. The largest absolute Gasteiger partial charge is 0.466 e. The van der Waals surface area contributed by atoms with E-state index in [-0.39, 0.29) is 12.5 Å². The van der Waals surface area contributed by atoms with Gasteiger partial charge in [0.05, 0.1) is 5.60 Å². The molecule has 0 saturated carbocycles. The molecular formula is C15H22N2O4. The molecule has 1 fully saturated rings. The molecular weight excluding hydrogens is 272 g/mol. The highest BCUT2D eigenvalue weighted by Gasteiger charge is 2.50. The first-order valence-corrected chi connectivity index (χ1v) is 6.98. The highest BCUT2D eigenvalue weighted by Crippen LogP contribution is 2.33. The van der Waals surface area contributed by atoms with Gasteiger partial charge in [0, 0.05) is 12.1 Å². The van der Waals surface area contributed by atoms with E-state index in [1.165, 1.54) is 0 Å². The molecule has 1 atom stereocenters. The van der Waals surface area contributed by atoms with Gasteiger partial charge in [-0.25, -0.2) is 4.79 Å². The topological polar surface area (TPSA) is 82.8 Å². The second kappa shape index (κ2) is 4.87. The number of urea groups is 1. The van der Waals surface area contributed by atoms with Crippen LogP contribution in [0.15, 0.2) is 10.5 Å². The monoisotopic (exact) mass is 294 g/mol. The van der Waals surface area contributed by atoms with Crippen LogP contribution in [0.5, 0.6) is 0 Å². The fourth-order valence-electron chi connectivity index (χ4n) is 2.60. The van der Waals surface area contributed by atoms with Crippen LogP contribution >= 0.6 is 0 Å². The highest BCUT2D eigenvalue weighted by molar-refractivity contribution is 6.07. The van der Waals surface area contributed by atoms with E-state index in [0.29, 0.717) is 23.5 Å². The Morgan fingerprint density at radius 3 is 2.48 bits per heavy atom. The van der Waals surface area contributed by atoms with E-state index in [0.717, 1.165) is 4.90 Å². The third-order valence-electron chi connectivity index (χ3n) is 3.80. The fraction of sp³-hybridized carbons (Fsp3) is 0.600. The summed E-state index contributed by atoms with van der Waals surface area (Å²) in [6.07, 6.45) is 0.325. The Kier molecular flexibility index (Phi) is 3.61. The second-order valence-corrected chi connectivity index (χ2v) is 6.40. The summed E-state index contributed by atoms with van der Waals surface area (Å²) in [5, 5.41) is 12.5. The zero-order valence-corrected chi connectivity index (χ0v) is 13.1. The van der Waals surface area contributed by atoms with Gasteiger partial charge in [0.2, 0.25) is 0 Å². The first kappa shape index (κ1) is 15.6. The third-order valence-corrected chi connectivity index (χ3v) is 3.80. The number of hydrogen-bond donors (Lipinski definition) is 2. The molecule has 0 aromatic carbocycles. The first-order valence-electron chi connectivity index (χ1n) is 6.98. The Morgan fingerprint density at radius 1 is 1.38 bits per heavy atom. The molecule has 1 aromatic heterocycles. The van der Waals surface area contributed by atoms with Crippen molar-refractivity contribution >= 4 is 11.9 Å². The number of aryl methyl sites for hydroxylation is 2. The molecule has 3 amide bonds. The fourth-order valence-corrected chi connectivity index (χ4v) is 2.60. The maximum absolute atomic E-state index is 12.6. The second-order valence-electron chi connectivity index (χ2n) is 6.40. The molecule has 0 radical (unpaired) electrons. The maximum atomic E-state index is 12.6. The molecule has 0 bridgehead atoms. The first-order chi connectivity index (χ1) is 9.54. The van der Waals surface area contributed by atoms with E-state index in [1.54, 1.807) is 40.7 Å². The van der Waals surface area contributed by atoms with Crippen molar-refractivity contribution in [1.29, 1.82) is 0 Å². The van der Waals surface area contributed by atoms with Crippen LogP contribution < -0.4 is 5.32 Å². The average molecular weight is 294 g/mol. The molecule has 1 aliphatic heterocycles. The molecule has 2 heterocycles. The number of rotatable bonds is 4. The van der Waals surface area contributed by atoms with Crippen LogP contribution in [0.3, 0.4) is 0 Å². The summed E-state index contributed by atoms with van der Waals surface area (Å²) in [5.74, 6) is 0.995. The summed E-state index contributed by atoms with van der Waals surface area (Å²) < 4.78 is 5.46. The molecule has 116 valence electrons. The van der Waals surface area contributed by atoms with E-state index in [9.17, 15) is 14.7 Å². The predicted molar refractivity (Wildman–Crippen MR) is 76.7 cm³/mol. The normalized spacial score (nSPS) is 22.9. The van der Waals surface area contributed by atoms with Gasteiger partial charge >= 0.3 is 6.03 Å². The minimum Gasteiger partial charge on any atom is -0.466 e. The molecule has 21 heavy (non-hydrogen) atoms. The van der Waals surface area contributed by atoms with Gasteiger partial charge in [0.1, 0.15) is 17.1 Å². The summed E-state index contributed by atoms with van der Waals surface area (Å²) >= 11 is 0. The van der Waals surface area contributed by atoms with Crippen molar-refractivity contribution in [3.05, 3.63) is 23.2 Å². The van der Waals surface area contributed by atoms with E-state index in [1.807, 2.05) is 0 Å². The Labute approximate surface area is 124 Å². The van der Waals surface area contributed by atoms with Crippen LogP contribution in [0.2, 0.25) is 0 Å². The van der Waals surface area contributed by atoms with E-state index in [2.05, 4.69) is 5.32 Å². The lowest BCUT2D eigenvalue weighted by atomic mass is 9.92. The number of hydrogen-bond acceptors (Lipinski definition) is 4. The Morgan fingerprint density at radius 2 is 2.00 bits per heavy atom. The molecule has 6 nitrogen and oxygen atoms in total. The minimum atomic E-state index is -1.11. The molecule has 1 unspecified atom stereocenters.